The molecule has 0 aliphatic rings. The quantitative estimate of drug-likeness (QED) is 0.733. The Bertz CT molecular complexity index is 323. The Morgan fingerprint density at radius 3 is 2.69 bits per heavy atom. The zero-order valence-corrected chi connectivity index (χ0v) is 6.76. The molecule has 1 aromatic carbocycles. The van der Waals surface area contributed by atoms with Crippen molar-refractivity contribution in [3.8, 4) is 5.75 Å². The first-order valence-electron chi connectivity index (χ1n) is 3.73. The van der Waals surface area contributed by atoms with E-state index in [0.29, 0.717) is 0 Å². The van der Waals surface area contributed by atoms with Crippen molar-refractivity contribution in [3.63, 3.8) is 0 Å². The molecule has 4 heteroatoms. The Morgan fingerprint density at radius 2 is 2.15 bits per heavy atom. The van der Waals surface area contributed by atoms with Gasteiger partial charge in [0.25, 0.3) is 0 Å². The zero-order valence-electron chi connectivity index (χ0n) is 6.76. The number of alkyl halides is 1. The topological polar surface area (TPSA) is 37.3 Å². The molecule has 1 aromatic rings. The molecule has 1 N–H and O–H groups in total. The van der Waals surface area contributed by atoms with E-state index >= 15 is 0 Å². The number of carbonyl (C=O) groups is 1. The number of rotatable bonds is 3. The van der Waals surface area contributed by atoms with Crippen LogP contribution in [0.25, 0.3) is 0 Å². The van der Waals surface area contributed by atoms with Crippen LogP contribution in [0.2, 0.25) is 0 Å². The molecule has 13 heavy (non-hydrogen) atoms. The molecule has 0 saturated carbocycles. The number of ketones is 1. The zero-order chi connectivity index (χ0) is 9.84. The maximum atomic E-state index is 12.7. The van der Waals surface area contributed by atoms with Crippen molar-refractivity contribution in [2.75, 3.05) is 6.67 Å². The van der Waals surface area contributed by atoms with E-state index in [2.05, 4.69) is 0 Å². The maximum absolute atomic E-state index is 12.7. The molecule has 0 spiro atoms. The van der Waals surface area contributed by atoms with Crippen LogP contribution in [0.5, 0.6) is 5.75 Å². The Balaban J connectivity index is 2.90. The summed E-state index contributed by atoms with van der Waals surface area (Å²) in [4.78, 5) is 11.0. The van der Waals surface area contributed by atoms with Crippen LogP contribution in [0.15, 0.2) is 18.2 Å². The van der Waals surface area contributed by atoms with Gasteiger partial charge in [0.2, 0.25) is 0 Å². The van der Waals surface area contributed by atoms with Gasteiger partial charge < -0.3 is 5.11 Å². The maximum Gasteiger partial charge on any atom is 0.165 e. The van der Waals surface area contributed by atoms with Gasteiger partial charge in [0.1, 0.15) is 0 Å². The van der Waals surface area contributed by atoms with Crippen LogP contribution in [-0.2, 0) is 0 Å². The van der Waals surface area contributed by atoms with Gasteiger partial charge in [-0.1, -0.05) is 0 Å². The highest BCUT2D eigenvalue weighted by Gasteiger charge is 2.08. The molecule has 0 unspecified atom stereocenters. The number of carbonyl (C=O) groups excluding carboxylic acids is 1. The second-order valence-electron chi connectivity index (χ2n) is 2.53. The van der Waals surface area contributed by atoms with Gasteiger partial charge in [0.05, 0.1) is 6.67 Å². The number of benzene rings is 1. The van der Waals surface area contributed by atoms with Gasteiger partial charge in [-0.3, -0.25) is 9.18 Å². The molecule has 2 nitrogen and oxygen atoms in total. The third-order valence-corrected chi connectivity index (χ3v) is 1.59. The van der Waals surface area contributed by atoms with Crippen LogP contribution < -0.4 is 0 Å². The lowest BCUT2D eigenvalue weighted by Gasteiger charge is -1.99. The first-order chi connectivity index (χ1) is 6.15. The minimum atomic E-state index is -0.871. The molecule has 0 radical (unpaired) electrons. The summed E-state index contributed by atoms with van der Waals surface area (Å²) >= 11 is 0. The molecule has 0 atom stereocenters. The standard InChI is InChI=1S/C9H8F2O2/c10-4-3-8(12)6-1-2-9(13)7(11)5-6/h1-2,5,13H,3-4H2. The summed E-state index contributed by atoms with van der Waals surface area (Å²) in [5.41, 5.74) is 0.0768. The minimum Gasteiger partial charge on any atom is -0.505 e. The Hall–Kier alpha value is -1.45. The minimum absolute atomic E-state index is 0.0768. The Labute approximate surface area is 73.8 Å². The number of halogens is 2. The molecule has 0 fully saturated rings. The van der Waals surface area contributed by atoms with Crippen molar-refractivity contribution in [1.29, 1.82) is 0 Å². The highest BCUT2D eigenvalue weighted by molar-refractivity contribution is 5.96. The lowest BCUT2D eigenvalue weighted by molar-refractivity contribution is 0.0973. The first-order valence-corrected chi connectivity index (χ1v) is 3.73. The molecule has 0 aliphatic heterocycles. The molecule has 1 rings (SSSR count). The van der Waals surface area contributed by atoms with E-state index in [4.69, 9.17) is 5.11 Å². The fourth-order valence-corrected chi connectivity index (χ4v) is 0.911. The molecular weight excluding hydrogens is 178 g/mol. The average Bonchev–Trinajstić information content (AvgIpc) is 2.10. The van der Waals surface area contributed by atoms with E-state index in [9.17, 15) is 13.6 Å². The van der Waals surface area contributed by atoms with Crippen molar-refractivity contribution in [3.05, 3.63) is 29.6 Å². The largest absolute Gasteiger partial charge is 0.505 e. The molecule has 0 amide bonds. The third-order valence-electron chi connectivity index (χ3n) is 1.59. The van der Waals surface area contributed by atoms with Crippen molar-refractivity contribution in [1.82, 2.24) is 0 Å². The van der Waals surface area contributed by atoms with Gasteiger partial charge in [0.15, 0.2) is 17.3 Å². The van der Waals surface area contributed by atoms with Gasteiger partial charge in [-0.25, -0.2) is 4.39 Å². The Kier molecular flexibility index (Phi) is 2.95. The van der Waals surface area contributed by atoms with Crippen LogP contribution in [0.4, 0.5) is 8.78 Å². The molecule has 70 valence electrons. The summed E-state index contributed by atoms with van der Waals surface area (Å²) in [6, 6.07) is 3.23. The number of phenols is 1. The Morgan fingerprint density at radius 1 is 1.46 bits per heavy atom. The van der Waals surface area contributed by atoms with Crippen molar-refractivity contribution >= 4 is 5.78 Å². The second-order valence-corrected chi connectivity index (χ2v) is 2.53. The highest BCUT2D eigenvalue weighted by Crippen LogP contribution is 2.17. The molecule has 0 saturated heterocycles. The van der Waals surface area contributed by atoms with Crippen molar-refractivity contribution in [2.45, 2.75) is 6.42 Å². The summed E-state index contributed by atoms with van der Waals surface area (Å²) in [7, 11) is 0. The van der Waals surface area contributed by atoms with Gasteiger partial charge in [-0.15, -0.1) is 0 Å². The fourth-order valence-electron chi connectivity index (χ4n) is 0.911. The van der Waals surface area contributed by atoms with E-state index in [1.165, 1.54) is 6.07 Å². The fraction of sp³-hybridized carbons (Fsp3) is 0.222. The van der Waals surface area contributed by atoms with E-state index < -0.39 is 24.0 Å². The summed E-state index contributed by atoms with van der Waals surface area (Å²) in [5.74, 6) is -1.86. The summed E-state index contributed by atoms with van der Waals surface area (Å²) in [6.07, 6.45) is -0.260. The van der Waals surface area contributed by atoms with E-state index in [-0.39, 0.29) is 12.0 Å². The lowest BCUT2D eigenvalue weighted by atomic mass is 10.1. The summed E-state index contributed by atoms with van der Waals surface area (Å²) in [5, 5.41) is 8.80. The van der Waals surface area contributed by atoms with Crippen LogP contribution >= 0.6 is 0 Å². The first kappa shape index (κ1) is 9.64. The van der Waals surface area contributed by atoms with Crippen LogP contribution in [-0.4, -0.2) is 17.6 Å². The molecule has 0 aliphatic carbocycles. The van der Waals surface area contributed by atoms with Gasteiger partial charge in [-0.2, -0.15) is 0 Å². The smallest absolute Gasteiger partial charge is 0.165 e. The summed E-state index contributed by atoms with van der Waals surface area (Å²) < 4.78 is 24.4. The predicted octanol–water partition coefficient (Wildman–Crippen LogP) is 2.07. The number of Topliss-reactive ketones (excluding diaryl/α,β-unsaturated/α-hetero) is 1. The highest BCUT2D eigenvalue weighted by atomic mass is 19.1. The monoisotopic (exact) mass is 186 g/mol. The number of aromatic hydroxyl groups is 1. The van der Waals surface area contributed by atoms with Crippen LogP contribution in [0.1, 0.15) is 16.8 Å². The normalized spacial score (nSPS) is 10.0. The van der Waals surface area contributed by atoms with Gasteiger partial charge in [0, 0.05) is 12.0 Å². The van der Waals surface area contributed by atoms with Crippen molar-refractivity contribution in [2.24, 2.45) is 0 Å². The third kappa shape index (κ3) is 2.24. The second kappa shape index (κ2) is 3.98. The van der Waals surface area contributed by atoms with Gasteiger partial charge >= 0.3 is 0 Å². The lowest BCUT2D eigenvalue weighted by Crippen LogP contribution is -2.00. The average molecular weight is 186 g/mol. The van der Waals surface area contributed by atoms with Crippen LogP contribution in [0, 0.1) is 5.82 Å². The van der Waals surface area contributed by atoms with Crippen molar-refractivity contribution < 1.29 is 18.7 Å². The molecule has 0 heterocycles. The number of hydrogen-bond acceptors (Lipinski definition) is 2. The van der Waals surface area contributed by atoms with E-state index in [0.717, 1.165) is 12.1 Å². The van der Waals surface area contributed by atoms with Crippen LogP contribution in [0.3, 0.4) is 0 Å². The molecule has 0 bridgehead atoms. The number of phenolic OH excluding ortho intramolecular Hbond substituents is 1. The molecule has 0 aromatic heterocycles. The summed E-state index contributed by atoms with van der Waals surface area (Å²) in [6.45, 7) is -0.763. The SMILES string of the molecule is O=C(CCF)c1ccc(O)c(F)c1. The predicted molar refractivity (Wildman–Crippen MR) is 43.0 cm³/mol. The molecular formula is C9H8F2O2. The van der Waals surface area contributed by atoms with Gasteiger partial charge in [-0.05, 0) is 18.2 Å². The number of hydrogen-bond donors (Lipinski definition) is 1. The van der Waals surface area contributed by atoms with E-state index in [1.54, 1.807) is 0 Å². The van der Waals surface area contributed by atoms with E-state index in [1.807, 2.05) is 0 Å².